The van der Waals surface area contributed by atoms with Gasteiger partial charge < -0.3 is 15.1 Å². The predicted octanol–water partition coefficient (Wildman–Crippen LogP) is 0.717. The van der Waals surface area contributed by atoms with Crippen LogP contribution in [0.1, 0.15) is 33.1 Å². The maximum Gasteiger partial charge on any atom is 0.307 e. The molecular weight excluding hydrogens is 222 g/mol. The van der Waals surface area contributed by atoms with Crippen molar-refractivity contribution in [2.45, 2.75) is 39.2 Å². The molecule has 1 heterocycles. The first-order valence-corrected chi connectivity index (χ1v) is 6.13. The van der Waals surface area contributed by atoms with Gasteiger partial charge in [0.1, 0.15) is 0 Å². The summed E-state index contributed by atoms with van der Waals surface area (Å²) in [6, 6.07) is -0.139. The highest BCUT2D eigenvalue weighted by Gasteiger charge is 2.33. The van der Waals surface area contributed by atoms with Gasteiger partial charge in [0, 0.05) is 12.5 Å². The monoisotopic (exact) mass is 243 g/mol. The SMILES string of the molecule is CC(C(=O)O)C(C)C(=O)N1CCCCC1CO. The summed E-state index contributed by atoms with van der Waals surface area (Å²) in [7, 11) is 0. The number of carbonyl (C=O) groups excluding carboxylic acids is 1. The van der Waals surface area contributed by atoms with Crippen LogP contribution in [0.4, 0.5) is 0 Å². The third-order valence-electron chi connectivity index (χ3n) is 3.65. The van der Waals surface area contributed by atoms with Crippen LogP contribution in [0, 0.1) is 11.8 Å². The number of carboxylic acid groups (broad SMARTS) is 1. The quantitative estimate of drug-likeness (QED) is 0.762. The predicted molar refractivity (Wildman–Crippen MR) is 62.4 cm³/mol. The van der Waals surface area contributed by atoms with E-state index >= 15 is 0 Å². The zero-order valence-corrected chi connectivity index (χ0v) is 10.4. The third kappa shape index (κ3) is 3.19. The number of hydrogen-bond donors (Lipinski definition) is 2. The van der Waals surface area contributed by atoms with Crippen LogP contribution in [0.25, 0.3) is 0 Å². The van der Waals surface area contributed by atoms with Crippen molar-refractivity contribution < 1.29 is 19.8 Å². The molecule has 1 amide bonds. The first-order valence-electron chi connectivity index (χ1n) is 6.13. The van der Waals surface area contributed by atoms with Gasteiger partial charge in [-0.25, -0.2) is 0 Å². The third-order valence-corrected chi connectivity index (χ3v) is 3.65. The highest BCUT2D eigenvalue weighted by molar-refractivity contribution is 5.84. The van der Waals surface area contributed by atoms with Crippen LogP contribution in [0.5, 0.6) is 0 Å². The lowest BCUT2D eigenvalue weighted by Gasteiger charge is -2.36. The Balaban J connectivity index is 2.70. The number of carboxylic acids is 1. The highest BCUT2D eigenvalue weighted by Crippen LogP contribution is 2.22. The molecule has 3 atom stereocenters. The number of aliphatic hydroxyl groups is 1. The minimum Gasteiger partial charge on any atom is -0.481 e. The number of rotatable bonds is 4. The van der Waals surface area contributed by atoms with Crippen molar-refractivity contribution in [2.24, 2.45) is 11.8 Å². The zero-order chi connectivity index (χ0) is 13.0. The van der Waals surface area contributed by atoms with Crippen molar-refractivity contribution in [1.29, 1.82) is 0 Å². The molecule has 1 rings (SSSR count). The Bertz CT molecular complexity index is 292. The first kappa shape index (κ1) is 14.0. The van der Waals surface area contributed by atoms with Gasteiger partial charge in [-0.1, -0.05) is 13.8 Å². The van der Waals surface area contributed by atoms with Crippen molar-refractivity contribution in [2.75, 3.05) is 13.2 Å². The number of amides is 1. The number of piperidine rings is 1. The molecular formula is C12H21NO4. The molecule has 0 aromatic carbocycles. The molecule has 0 radical (unpaired) electrons. The van der Waals surface area contributed by atoms with Crippen molar-refractivity contribution in [3.8, 4) is 0 Å². The molecule has 3 unspecified atom stereocenters. The molecule has 98 valence electrons. The molecule has 0 aromatic rings. The van der Waals surface area contributed by atoms with Crippen LogP contribution in [-0.4, -0.2) is 46.2 Å². The van der Waals surface area contributed by atoms with Gasteiger partial charge in [-0.15, -0.1) is 0 Å². The minimum atomic E-state index is -0.955. The van der Waals surface area contributed by atoms with Crippen molar-refractivity contribution >= 4 is 11.9 Å². The highest BCUT2D eigenvalue weighted by atomic mass is 16.4. The molecule has 0 saturated carbocycles. The van der Waals surface area contributed by atoms with Gasteiger partial charge in [-0.2, -0.15) is 0 Å². The smallest absolute Gasteiger partial charge is 0.307 e. The van der Waals surface area contributed by atoms with Crippen LogP contribution in [0.2, 0.25) is 0 Å². The maximum absolute atomic E-state index is 12.2. The van der Waals surface area contributed by atoms with E-state index in [0.717, 1.165) is 19.3 Å². The second-order valence-electron chi connectivity index (χ2n) is 4.78. The fraction of sp³-hybridized carbons (Fsp3) is 0.833. The Morgan fingerprint density at radius 1 is 1.29 bits per heavy atom. The topological polar surface area (TPSA) is 77.8 Å². The van der Waals surface area contributed by atoms with E-state index in [1.165, 1.54) is 0 Å². The molecule has 0 aromatic heterocycles. The van der Waals surface area contributed by atoms with Crippen molar-refractivity contribution in [1.82, 2.24) is 4.90 Å². The number of likely N-dealkylation sites (tertiary alicyclic amines) is 1. The molecule has 0 bridgehead atoms. The molecule has 5 heteroatoms. The van der Waals surface area contributed by atoms with Gasteiger partial charge in [-0.3, -0.25) is 9.59 Å². The number of hydrogen-bond acceptors (Lipinski definition) is 3. The van der Waals surface area contributed by atoms with E-state index < -0.39 is 17.8 Å². The normalized spacial score (nSPS) is 24.2. The molecule has 1 fully saturated rings. The lowest BCUT2D eigenvalue weighted by Crippen LogP contribution is -2.49. The molecule has 17 heavy (non-hydrogen) atoms. The van der Waals surface area contributed by atoms with E-state index in [1.54, 1.807) is 18.7 Å². The summed E-state index contributed by atoms with van der Waals surface area (Å²) in [6.45, 7) is 3.77. The molecule has 0 aliphatic carbocycles. The van der Waals surface area contributed by atoms with Gasteiger partial charge in [0.15, 0.2) is 0 Å². The van der Waals surface area contributed by atoms with Gasteiger partial charge >= 0.3 is 5.97 Å². The van der Waals surface area contributed by atoms with Gasteiger partial charge in [0.25, 0.3) is 0 Å². The van der Waals surface area contributed by atoms with Gasteiger partial charge in [-0.05, 0) is 19.3 Å². The van der Waals surface area contributed by atoms with E-state index in [9.17, 15) is 14.7 Å². The summed E-state index contributed by atoms with van der Waals surface area (Å²) in [4.78, 5) is 24.7. The summed E-state index contributed by atoms with van der Waals surface area (Å²) in [6.07, 6.45) is 2.74. The van der Waals surface area contributed by atoms with Crippen LogP contribution < -0.4 is 0 Å². The lowest BCUT2D eigenvalue weighted by atomic mass is 9.92. The fourth-order valence-corrected chi connectivity index (χ4v) is 2.17. The summed E-state index contributed by atoms with van der Waals surface area (Å²) in [5.41, 5.74) is 0. The second kappa shape index (κ2) is 6.00. The molecule has 2 N–H and O–H groups in total. The van der Waals surface area contributed by atoms with Crippen LogP contribution in [0.15, 0.2) is 0 Å². The lowest BCUT2D eigenvalue weighted by molar-refractivity contribution is -0.151. The molecule has 1 aliphatic heterocycles. The Morgan fingerprint density at radius 2 is 1.94 bits per heavy atom. The van der Waals surface area contributed by atoms with Crippen LogP contribution in [-0.2, 0) is 9.59 Å². The van der Waals surface area contributed by atoms with E-state index in [2.05, 4.69) is 0 Å². The molecule has 0 spiro atoms. The van der Waals surface area contributed by atoms with Gasteiger partial charge in [0.05, 0.1) is 18.6 Å². The number of aliphatic hydroxyl groups excluding tert-OH is 1. The van der Waals surface area contributed by atoms with E-state index in [-0.39, 0.29) is 18.6 Å². The molecule has 1 aliphatic rings. The van der Waals surface area contributed by atoms with Gasteiger partial charge in [0.2, 0.25) is 5.91 Å². The Labute approximate surface area is 101 Å². The summed E-state index contributed by atoms with van der Waals surface area (Å²) >= 11 is 0. The van der Waals surface area contributed by atoms with Crippen LogP contribution >= 0.6 is 0 Å². The standard InChI is InChI=1S/C12H21NO4/c1-8(9(2)12(16)17)11(15)13-6-4-3-5-10(13)7-14/h8-10,14H,3-7H2,1-2H3,(H,16,17). The van der Waals surface area contributed by atoms with Crippen molar-refractivity contribution in [3.05, 3.63) is 0 Å². The Morgan fingerprint density at radius 3 is 2.47 bits per heavy atom. The van der Waals surface area contributed by atoms with Crippen LogP contribution in [0.3, 0.4) is 0 Å². The average Bonchev–Trinajstić information content (AvgIpc) is 2.35. The summed E-state index contributed by atoms with van der Waals surface area (Å²) in [5, 5.41) is 18.1. The van der Waals surface area contributed by atoms with E-state index in [4.69, 9.17) is 5.11 Å². The molecule has 1 saturated heterocycles. The second-order valence-corrected chi connectivity index (χ2v) is 4.78. The number of nitrogens with zero attached hydrogens (tertiary/aromatic N) is 1. The Kier molecular flexibility index (Phi) is 4.93. The largest absolute Gasteiger partial charge is 0.481 e. The van der Waals surface area contributed by atoms with E-state index in [1.807, 2.05) is 0 Å². The van der Waals surface area contributed by atoms with Crippen molar-refractivity contribution in [3.63, 3.8) is 0 Å². The first-order chi connectivity index (χ1) is 7.99. The minimum absolute atomic E-state index is 0.0418. The average molecular weight is 243 g/mol. The summed E-state index contributed by atoms with van der Waals surface area (Å²) < 4.78 is 0. The van der Waals surface area contributed by atoms with E-state index in [0.29, 0.717) is 6.54 Å². The Hall–Kier alpha value is -1.10. The molecule has 5 nitrogen and oxygen atoms in total. The zero-order valence-electron chi connectivity index (χ0n) is 10.4. The number of aliphatic carboxylic acids is 1. The maximum atomic E-state index is 12.2. The summed E-state index contributed by atoms with van der Waals surface area (Å²) in [5.74, 6) is -2.34. The number of carbonyl (C=O) groups is 2. The fourth-order valence-electron chi connectivity index (χ4n) is 2.17.